The molecule has 1 fully saturated rings. The summed E-state index contributed by atoms with van der Waals surface area (Å²) in [4.78, 5) is 13.4. The molecule has 1 amide bonds. The highest BCUT2D eigenvalue weighted by molar-refractivity contribution is 5.67. The Balaban J connectivity index is 2.16. The van der Waals surface area contributed by atoms with E-state index in [-0.39, 0.29) is 6.09 Å². The molecule has 0 unspecified atom stereocenters. The molecule has 1 saturated carbocycles. The molecular formula is C15H30N2O3. The largest absolute Gasteiger partial charge is 0.444 e. The molecule has 5 nitrogen and oxygen atoms in total. The predicted octanol–water partition coefficient (Wildman–Crippen LogP) is 1.99. The Hall–Kier alpha value is -0.810. The number of hydrogen-bond donors (Lipinski definition) is 2. The highest BCUT2D eigenvalue weighted by Crippen LogP contribution is 2.23. The first-order chi connectivity index (χ1) is 9.31. The minimum Gasteiger partial charge on any atom is -0.444 e. The van der Waals surface area contributed by atoms with Crippen LogP contribution in [0.5, 0.6) is 0 Å². The molecule has 118 valence electrons. The summed E-state index contributed by atoms with van der Waals surface area (Å²) in [5.74, 6) is 0.484. The van der Waals surface area contributed by atoms with Crippen LogP contribution in [0.15, 0.2) is 0 Å². The van der Waals surface area contributed by atoms with Gasteiger partial charge in [-0.15, -0.1) is 0 Å². The number of hydrogen-bond acceptors (Lipinski definition) is 4. The Kier molecular flexibility index (Phi) is 6.76. The van der Waals surface area contributed by atoms with Gasteiger partial charge in [0.25, 0.3) is 0 Å². The van der Waals surface area contributed by atoms with Crippen LogP contribution in [0, 0.1) is 5.92 Å². The molecule has 0 radical (unpaired) electrons. The number of carbonyl (C=O) groups excluding carboxylic acids is 1. The number of aliphatic hydroxyl groups excluding tert-OH is 1. The fourth-order valence-corrected chi connectivity index (χ4v) is 2.42. The fraction of sp³-hybridized carbons (Fsp3) is 0.933. The number of amides is 1. The highest BCUT2D eigenvalue weighted by atomic mass is 16.6. The van der Waals surface area contributed by atoms with E-state index in [1.807, 2.05) is 20.8 Å². The van der Waals surface area contributed by atoms with Gasteiger partial charge in [-0.3, -0.25) is 0 Å². The molecule has 0 atom stereocenters. The molecule has 1 aliphatic rings. The number of aliphatic hydroxyl groups is 1. The first-order valence-corrected chi connectivity index (χ1v) is 7.60. The standard InChI is InChI=1S/C15H30N2O3/c1-15(2,3)20-14(19)17(4)10-9-16-13-7-5-12(11-18)6-8-13/h12-13,16,18H,5-11H2,1-4H3. The van der Waals surface area contributed by atoms with Crippen LogP contribution in [0.25, 0.3) is 0 Å². The van der Waals surface area contributed by atoms with E-state index in [4.69, 9.17) is 9.84 Å². The van der Waals surface area contributed by atoms with Crippen molar-refractivity contribution in [2.45, 2.75) is 58.1 Å². The fourth-order valence-electron chi connectivity index (χ4n) is 2.42. The van der Waals surface area contributed by atoms with Crippen molar-refractivity contribution in [2.75, 3.05) is 26.7 Å². The van der Waals surface area contributed by atoms with Gasteiger partial charge in [0.05, 0.1) is 0 Å². The Morgan fingerprint density at radius 1 is 1.30 bits per heavy atom. The van der Waals surface area contributed by atoms with Crippen molar-refractivity contribution in [3.05, 3.63) is 0 Å². The quantitative estimate of drug-likeness (QED) is 0.811. The molecule has 0 aliphatic heterocycles. The van der Waals surface area contributed by atoms with Gasteiger partial charge in [-0.1, -0.05) is 0 Å². The number of nitrogens with zero attached hydrogens (tertiary/aromatic N) is 1. The third-order valence-electron chi connectivity index (χ3n) is 3.69. The van der Waals surface area contributed by atoms with Crippen LogP contribution in [-0.4, -0.2) is 54.5 Å². The Morgan fingerprint density at radius 3 is 2.40 bits per heavy atom. The lowest BCUT2D eigenvalue weighted by molar-refractivity contribution is 0.0298. The molecule has 20 heavy (non-hydrogen) atoms. The molecule has 0 heterocycles. The van der Waals surface area contributed by atoms with Crippen LogP contribution in [0.4, 0.5) is 4.79 Å². The molecule has 1 rings (SSSR count). The van der Waals surface area contributed by atoms with Crippen molar-refractivity contribution in [1.82, 2.24) is 10.2 Å². The molecular weight excluding hydrogens is 256 g/mol. The van der Waals surface area contributed by atoms with Crippen LogP contribution in [0.1, 0.15) is 46.5 Å². The average molecular weight is 286 g/mol. The summed E-state index contributed by atoms with van der Waals surface area (Å²) >= 11 is 0. The van der Waals surface area contributed by atoms with Gasteiger partial charge < -0.3 is 20.1 Å². The lowest BCUT2D eigenvalue weighted by atomic mass is 9.86. The smallest absolute Gasteiger partial charge is 0.410 e. The van der Waals surface area contributed by atoms with Crippen LogP contribution >= 0.6 is 0 Å². The second-order valence-corrected chi connectivity index (χ2v) is 6.76. The summed E-state index contributed by atoms with van der Waals surface area (Å²) in [7, 11) is 1.76. The summed E-state index contributed by atoms with van der Waals surface area (Å²) in [6.45, 7) is 7.36. The van der Waals surface area contributed by atoms with Crippen LogP contribution < -0.4 is 5.32 Å². The SMILES string of the molecule is CN(CCNC1CCC(CO)CC1)C(=O)OC(C)(C)C. The number of likely N-dealkylation sites (N-methyl/N-ethyl adjacent to an activating group) is 1. The first kappa shape index (κ1) is 17.2. The zero-order valence-corrected chi connectivity index (χ0v) is 13.3. The Morgan fingerprint density at radius 2 is 1.90 bits per heavy atom. The molecule has 0 bridgehead atoms. The maximum absolute atomic E-state index is 11.8. The second kappa shape index (κ2) is 7.84. The molecule has 0 aromatic heterocycles. The van der Waals surface area contributed by atoms with Crippen LogP contribution in [0.3, 0.4) is 0 Å². The van der Waals surface area contributed by atoms with Gasteiger partial charge in [0.15, 0.2) is 0 Å². The maximum Gasteiger partial charge on any atom is 0.410 e. The van der Waals surface area contributed by atoms with Crippen molar-refractivity contribution in [3.8, 4) is 0 Å². The lowest BCUT2D eigenvalue weighted by Crippen LogP contribution is -2.41. The first-order valence-electron chi connectivity index (χ1n) is 7.60. The van der Waals surface area contributed by atoms with Gasteiger partial charge in [-0.25, -0.2) is 4.79 Å². The average Bonchev–Trinajstić information content (AvgIpc) is 2.37. The van der Waals surface area contributed by atoms with E-state index in [1.54, 1.807) is 11.9 Å². The second-order valence-electron chi connectivity index (χ2n) is 6.76. The van der Waals surface area contributed by atoms with Crippen molar-refractivity contribution in [1.29, 1.82) is 0 Å². The molecule has 1 aliphatic carbocycles. The van der Waals surface area contributed by atoms with Crippen molar-refractivity contribution in [3.63, 3.8) is 0 Å². The summed E-state index contributed by atoms with van der Waals surface area (Å²) in [6.07, 6.45) is 4.14. The van der Waals surface area contributed by atoms with E-state index >= 15 is 0 Å². The number of carbonyl (C=O) groups is 1. The van der Waals surface area contributed by atoms with E-state index in [0.29, 0.717) is 25.1 Å². The predicted molar refractivity (Wildman–Crippen MR) is 79.7 cm³/mol. The molecule has 0 spiro atoms. The zero-order chi connectivity index (χ0) is 15.2. The van der Waals surface area contributed by atoms with Crippen LogP contribution in [0.2, 0.25) is 0 Å². The Bertz CT molecular complexity index is 294. The van der Waals surface area contributed by atoms with E-state index in [9.17, 15) is 4.79 Å². The normalized spacial score (nSPS) is 23.4. The van der Waals surface area contributed by atoms with Gasteiger partial charge >= 0.3 is 6.09 Å². The van der Waals surface area contributed by atoms with E-state index in [1.165, 1.54) is 0 Å². The monoisotopic (exact) mass is 286 g/mol. The summed E-state index contributed by atoms with van der Waals surface area (Å²) in [5, 5.41) is 12.6. The van der Waals surface area contributed by atoms with Gasteiger partial charge in [0.1, 0.15) is 5.60 Å². The Labute approximate surface area is 122 Å². The topological polar surface area (TPSA) is 61.8 Å². The van der Waals surface area contributed by atoms with Crippen LogP contribution in [-0.2, 0) is 4.74 Å². The van der Waals surface area contributed by atoms with Crippen molar-refractivity contribution in [2.24, 2.45) is 5.92 Å². The number of nitrogens with one attached hydrogen (secondary N) is 1. The molecule has 0 aromatic carbocycles. The zero-order valence-electron chi connectivity index (χ0n) is 13.3. The third kappa shape index (κ3) is 6.57. The minimum absolute atomic E-state index is 0.275. The maximum atomic E-state index is 11.8. The number of rotatable bonds is 5. The highest BCUT2D eigenvalue weighted by Gasteiger charge is 2.21. The van der Waals surface area contributed by atoms with Gasteiger partial charge in [-0.2, -0.15) is 0 Å². The minimum atomic E-state index is -0.443. The van der Waals surface area contributed by atoms with E-state index in [0.717, 1.165) is 32.2 Å². The molecule has 0 aromatic rings. The summed E-state index contributed by atoms with van der Waals surface area (Å²) < 4.78 is 5.30. The molecule has 0 saturated heterocycles. The number of ether oxygens (including phenoxy) is 1. The van der Waals surface area contributed by atoms with Gasteiger partial charge in [-0.05, 0) is 52.4 Å². The third-order valence-corrected chi connectivity index (χ3v) is 3.69. The summed E-state index contributed by atoms with van der Waals surface area (Å²) in [6, 6.07) is 0.518. The van der Waals surface area contributed by atoms with Crippen molar-refractivity contribution >= 4 is 6.09 Å². The van der Waals surface area contributed by atoms with E-state index < -0.39 is 5.60 Å². The summed E-state index contributed by atoms with van der Waals surface area (Å²) in [5.41, 5.74) is -0.443. The molecule has 5 heteroatoms. The lowest BCUT2D eigenvalue weighted by Gasteiger charge is -2.29. The van der Waals surface area contributed by atoms with Gasteiger partial charge in [0, 0.05) is 32.8 Å². The molecule has 2 N–H and O–H groups in total. The van der Waals surface area contributed by atoms with E-state index in [2.05, 4.69) is 5.32 Å². The van der Waals surface area contributed by atoms with Gasteiger partial charge in [0.2, 0.25) is 0 Å². The van der Waals surface area contributed by atoms with Crippen molar-refractivity contribution < 1.29 is 14.6 Å².